The smallest absolute Gasteiger partial charge is 0.337 e. The Kier molecular flexibility index (Phi) is 5.83. The topological polar surface area (TPSA) is 55.4 Å². The molecule has 0 unspecified atom stereocenters. The van der Waals surface area contributed by atoms with Crippen molar-refractivity contribution in [1.82, 2.24) is 0 Å². The van der Waals surface area contributed by atoms with E-state index in [1.54, 1.807) is 42.5 Å². The summed E-state index contributed by atoms with van der Waals surface area (Å²) in [6, 6.07) is 19.2. The third kappa shape index (κ3) is 4.83. The first-order chi connectivity index (χ1) is 13.5. The fourth-order valence-corrected chi connectivity index (χ4v) is 2.47. The Morgan fingerprint density at radius 3 is 2.18 bits per heavy atom. The quantitative estimate of drug-likeness (QED) is 0.551. The van der Waals surface area contributed by atoms with Crippen LogP contribution in [-0.2, 0) is 4.74 Å². The molecule has 0 fully saturated rings. The summed E-state index contributed by atoms with van der Waals surface area (Å²) in [4.78, 5) is 23.8. The lowest BCUT2D eigenvalue weighted by Gasteiger charge is -2.05. The van der Waals surface area contributed by atoms with E-state index in [0.717, 1.165) is 0 Å². The number of ether oxygens (including phenoxy) is 1. The van der Waals surface area contributed by atoms with Crippen molar-refractivity contribution in [2.24, 2.45) is 0 Å². The minimum atomic E-state index is -0.422. The average molecular weight is 373 g/mol. The first kappa shape index (κ1) is 18.9. The zero-order chi connectivity index (χ0) is 19.9. The van der Waals surface area contributed by atoms with E-state index in [4.69, 9.17) is 4.74 Å². The number of anilines is 1. The van der Waals surface area contributed by atoms with E-state index in [1.165, 1.54) is 31.4 Å². The predicted molar refractivity (Wildman–Crippen MR) is 105 cm³/mol. The molecule has 138 valence electrons. The molecule has 0 saturated carbocycles. The fourth-order valence-electron chi connectivity index (χ4n) is 2.47. The van der Waals surface area contributed by atoms with Gasteiger partial charge in [0.25, 0.3) is 5.91 Å². The lowest BCUT2D eigenvalue weighted by atomic mass is 10.1. The lowest BCUT2D eigenvalue weighted by molar-refractivity contribution is 0.0600. The van der Waals surface area contributed by atoms with E-state index < -0.39 is 11.8 Å². The summed E-state index contributed by atoms with van der Waals surface area (Å²) in [5, 5.41) is 2.76. The maximum Gasteiger partial charge on any atom is 0.337 e. The first-order valence-electron chi connectivity index (χ1n) is 8.42. The Balaban J connectivity index is 1.76. The van der Waals surface area contributed by atoms with Gasteiger partial charge in [-0.1, -0.05) is 24.0 Å². The molecule has 3 rings (SSSR count). The molecule has 0 spiro atoms. The molecule has 1 N–H and O–H groups in total. The van der Waals surface area contributed by atoms with E-state index in [9.17, 15) is 14.0 Å². The van der Waals surface area contributed by atoms with Gasteiger partial charge in [0.1, 0.15) is 5.82 Å². The number of esters is 1. The zero-order valence-corrected chi connectivity index (χ0v) is 15.0. The molecule has 1 amide bonds. The van der Waals surface area contributed by atoms with E-state index in [2.05, 4.69) is 17.2 Å². The Bertz CT molecular complexity index is 1080. The molecule has 0 atom stereocenters. The van der Waals surface area contributed by atoms with Gasteiger partial charge in [0, 0.05) is 22.4 Å². The monoisotopic (exact) mass is 373 g/mol. The molecule has 0 aromatic heterocycles. The highest BCUT2D eigenvalue weighted by Crippen LogP contribution is 2.13. The Labute approximate surface area is 162 Å². The highest BCUT2D eigenvalue weighted by molar-refractivity contribution is 6.04. The number of amides is 1. The van der Waals surface area contributed by atoms with Gasteiger partial charge >= 0.3 is 5.97 Å². The van der Waals surface area contributed by atoms with Gasteiger partial charge < -0.3 is 10.1 Å². The van der Waals surface area contributed by atoms with Gasteiger partial charge in [-0.25, -0.2) is 9.18 Å². The number of hydrogen-bond donors (Lipinski definition) is 1. The van der Waals surface area contributed by atoms with Crippen LogP contribution in [0.4, 0.5) is 10.1 Å². The number of methoxy groups -OCH3 is 1. The first-order valence-corrected chi connectivity index (χ1v) is 8.42. The van der Waals surface area contributed by atoms with Crippen LogP contribution in [0.1, 0.15) is 31.8 Å². The van der Waals surface area contributed by atoms with Crippen LogP contribution >= 0.6 is 0 Å². The number of hydrogen-bond acceptors (Lipinski definition) is 3. The summed E-state index contributed by atoms with van der Waals surface area (Å²) < 4.78 is 17.7. The molecule has 0 bridgehead atoms. The van der Waals surface area contributed by atoms with Gasteiger partial charge in [-0.2, -0.15) is 0 Å². The molecule has 5 heteroatoms. The number of carbonyl (C=O) groups excluding carboxylic acids is 2. The van der Waals surface area contributed by atoms with Crippen molar-refractivity contribution in [3.05, 3.63) is 101 Å². The summed E-state index contributed by atoms with van der Waals surface area (Å²) in [6.45, 7) is 0. The average Bonchev–Trinajstić information content (AvgIpc) is 2.72. The van der Waals surface area contributed by atoms with Crippen LogP contribution in [0.25, 0.3) is 0 Å². The largest absolute Gasteiger partial charge is 0.465 e. The minimum Gasteiger partial charge on any atom is -0.465 e. The number of rotatable bonds is 3. The van der Waals surface area contributed by atoms with Crippen LogP contribution in [0.3, 0.4) is 0 Å². The summed E-state index contributed by atoms with van der Waals surface area (Å²) >= 11 is 0. The molecular weight excluding hydrogens is 357 g/mol. The number of carbonyl (C=O) groups is 2. The van der Waals surface area contributed by atoms with Crippen LogP contribution in [0, 0.1) is 17.7 Å². The summed E-state index contributed by atoms with van der Waals surface area (Å²) in [6.07, 6.45) is 0. The van der Waals surface area contributed by atoms with Crippen molar-refractivity contribution in [2.45, 2.75) is 0 Å². The molecular formula is C23H16FNO3. The highest BCUT2D eigenvalue weighted by Gasteiger charge is 2.06. The summed E-state index contributed by atoms with van der Waals surface area (Å²) in [7, 11) is 1.33. The molecule has 28 heavy (non-hydrogen) atoms. The fraction of sp³-hybridized carbons (Fsp3) is 0.0435. The van der Waals surface area contributed by atoms with Crippen molar-refractivity contribution in [3.8, 4) is 11.8 Å². The lowest BCUT2D eigenvalue weighted by Crippen LogP contribution is -2.11. The Morgan fingerprint density at radius 2 is 1.50 bits per heavy atom. The third-order valence-corrected chi connectivity index (χ3v) is 3.86. The van der Waals surface area contributed by atoms with Gasteiger partial charge in [0.15, 0.2) is 0 Å². The van der Waals surface area contributed by atoms with Gasteiger partial charge in [0.2, 0.25) is 0 Å². The van der Waals surface area contributed by atoms with Crippen LogP contribution in [0.15, 0.2) is 72.8 Å². The van der Waals surface area contributed by atoms with Gasteiger partial charge in [-0.3, -0.25) is 4.79 Å². The molecule has 3 aromatic rings. The van der Waals surface area contributed by atoms with Crippen LogP contribution in [-0.4, -0.2) is 19.0 Å². The molecule has 0 aliphatic carbocycles. The predicted octanol–water partition coefficient (Wildman–Crippen LogP) is 4.26. The highest BCUT2D eigenvalue weighted by atomic mass is 19.1. The maximum atomic E-state index is 13.0. The Hall–Kier alpha value is -3.91. The molecule has 0 aliphatic rings. The van der Waals surface area contributed by atoms with Crippen molar-refractivity contribution >= 4 is 17.6 Å². The molecule has 4 nitrogen and oxygen atoms in total. The number of nitrogens with one attached hydrogen (secondary N) is 1. The number of halogens is 1. The van der Waals surface area contributed by atoms with Crippen LogP contribution < -0.4 is 5.32 Å². The standard InChI is InChI=1S/C23H16FNO3/c1-28-23(27)19-6-2-4-16(14-19)8-9-17-5-3-7-21(15-17)25-22(26)18-10-12-20(24)13-11-18/h2-7,10-15H,1H3,(H,25,26). The molecule has 3 aromatic carbocycles. The van der Waals surface area contributed by atoms with E-state index in [-0.39, 0.29) is 5.91 Å². The second kappa shape index (κ2) is 8.65. The normalized spacial score (nSPS) is 9.79. The minimum absolute atomic E-state index is 0.337. The SMILES string of the molecule is COC(=O)c1cccc(C#Cc2cccc(NC(=O)c3ccc(F)cc3)c2)c1. The third-order valence-electron chi connectivity index (χ3n) is 3.86. The zero-order valence-electron chi connectivity index (χ0n) is 15.0. The molecule has 0 aliphatic heterocycles. The van der Waals surface area contributed by atoms with Crippen molar-refractivity contribution < 1.29 is 18.7 Å². The van der Waals surface area contributed by atoms with E-state index in [0.29, 0.717) is 27.9 Å². The van der Waals surface area contributed by atoms with Crippen LogP contribution in [0.2, 0.25) is 0 Å². The van der Waals surface area contributed by atoms with E-state index >= 15 is 0 Å². The van der Waals surface area contributed by atoms with Crippen molar-refractivity contribution in [1.29, 1.82) is 0 Å². The second-order valence-electron chi connectivity index (χ2n) is 5.86. The van der Waals surface area contributed by atoms with E-state index in [1.807, 2.05) is 6.07 Å². The molecule has 0 heterocycles. The molecule has 0 radical (unpaired) electrons. The van der Waals surface area contributed by atoms with Crippen molar-refractivity contribution in [3.63, 3.8) is 0 Å². The molecule has 0 saturated heterocycles. The van der Waals surface area contributed by atoms with Gasteiger partial charge in [-0.15, -0.1) is 0 Å². The maximum absolute atomic E-state index is 13.0. The summed E-state index contributed by atoms with van der Waals surface area (Å²) in [5.41, 5.74) is 2.72. The van der Waals surface area contributed by atoms with Gasteiger partial charge in [0.05, 0.1) is 12.7 Å². The van der Waals surface area contributed by atoms with Gasteiger partial charge in [-0.05, 0) is 60.7 Å². The van der Waals surface area contributed by atoms with Crippen molar-refractivity contribution in [2.75, 3.05) is 12.4 Å². The Morgan fingerprint density at radius 1 is 0.857 bits per heavy atom. The number of benzene rings is 3. The van der Waals surface area contributed by atoms with Crippen LogP contribution in [0.5, 0.6) is 0 Å². The summed E-state index contributed by atoms with van der Waals surface area (Å²) in [5.74, 6) is 4.83. The second-order valence-corrected chi connectivity index (χ2v) is 5.86.